The van der Waals surface area contributed by atoms with Gasteiger partial charge in [0.05, 0.1) is 0 Å². The lowest BCUT2D eigenvalue weighted by Crippen LogP contribution is -2.13. The number of aryl methyl sites for hydroxylation is 2. The zero-order valence-corrected chi connectivity index (χ0v) is 57.8. The number of aromatic hydroxyl groups is 14. The van der Waals surface area contributed by atoms with Crippen molar-refractivity contribution >= 4 is 71.2 Å². The van der Waals surface area contributed by atoms with E-state index in [1.807, 2.05) is 65.0 Å². The van der Waals surface area contributed by atoms with Gasteiger partial charge in [0.25, 0.3) is 0 Å². The zero-order chi connectivity index (χ0) is 74.8. The van der Waals surface area contributed by atoms with Crippen LogP contribution in [0.25, 0.3) is 48.1 Å². The van der Waals surface area contributed by atoms with Crippen LogP contribution in [0.3, 0.4) is 0 Å². The van der Waals surface area contributed by atoms with Crippen LogP contribution in [-0.2, 0) is 19.2 Å². The van der Waals surface area contributed by atoms with Gasteiger partial charge in [-0.2, -0.15) is 0 Å². The molecule has 103 heavy (non-hydrogen) atoms. The van der Waals surface area contributed by atoms with Gasteiger partial charge < -0.3 is 71.5 Å². The van der Waals surface area contributed by atoms with E-state index >= 15 is 0 Å². The van der Waals surface area contributed by atoms with Crippen molar-refractivity contribution in [1.82, 2.24) is 0 Å². The van der Waals surface area contributed by atoms with E-state index in [0.717, 1.165) is 65.5 Å². The number of carbonyl (C=O) groups excluding carboxylic acids is 4. The number of hydrogen-bond acceptors (Lipinski definition) is 18. The normalized spacial score (nSPS) is 17.8. The minimum Gasteiger partial charge on any atom is -0.508 e. The first-order valence-corrected chi connectivity index (χ1v) is 33.7. The van der Waals surface area contributed by atoms with Crippen LogP contribution in [-0.4, -0.2) is 94.6 Å². The van der Waals surface area contributed by atoms with Crippen molar-refractivity contribution in [3.05, 3.63) is 246 Å². The molecule has 0 amide bonds. The summed E-state index contributed by atoms with van der Waals surface area (Å²) in [5.74, 6) is -2.18. The van der Waals surface area contributed by atoms with Gasteiger partial charge in [-0.25, -0.2) is 0 Å². The lowest BCUT2D eigenvalue weighted by molar-refractivity contribution is -0.113. The summed E-state index contributed by atoms with van der Waals surface area (Å²) in [6.07, 6.45) is 21.1. The maximum Gasteiger partial charge on any atom is 0.185 e. The lowest BCUT2D eigenvalue weighted by Gasteiger charge is -2.19. The Balaban J connectivity index is 0.000000173. The van der Waals surface area contributed by atoms with Crippen molar-refractivity contribution < 1.29 is 90.7 Å². The van der Waals surface area contributed by atoms with E-state index in [-0.39, 0.29) is 104 Å². The highest BCUT2D eigenvalue weighted by molar-refractivity contribution is 6.17. The van der Waals surface area contributed by atoms with Crippen LogP contribution >= 0.6 is 0 Å². The van der Waals surface area contributed by atoms with Gasteiger partial charge in [-0.1, -0.05) is 68.4 Å². The fourth-order valence-corrected chi connectivity index (χ4v) is 11.9. The summed E-state index contributed by atoms with van der Waals surface area (Å²) in [6.45, 7) is 9.48. The molecule has 4 saturated carbocycles. The third-order valence-corrected chi connectivity index (χ3v) is 17.6. The third-order valence-electron chi connectivity index (χ3n) is 17.6. The second-order valence-electron chi connectivity index (χ2n) is 25.1. The molecule has 4 aliphatic carbocycles. The van der Waals surface area contributed by atoms with Crippen LogP contribution in [0.15, 0.2) is 190 Å². The number of phenols is 14. The molecule has 0 spiro atoms. The molecular weight excluding hydrogens is 1310 g/mol. The highest BCUT2D eigenvalue weighted by atomic mass is 16.3. The molecular formula is C85H84O18. The molecule has 4 aliphatic rings. The highest BCUT2D eigenvalue weighted by Gasteiger charge is 2.26. The molecule has 8 aromatic carbocycles. The summed E-state index contributed by atoms with van der Waals surface area (Å²) in [7, 11) is 0. The summed E-state index contributed by atoms with van der Waals surface area (Å²) >= 11 is 0. The summed E-state index contributed by atoms with van der Waals surface area (Å²) in [4.78, 5) is 51.0. The van der Waals surface area contributed by atoms with Gasteiger partial charge in [-0.15, -0.1) is 0 Å². The smallest absolute Gasteiger partial charge is 0.185 e. The molecule has 12 rings (SSSR count). The average Bonchev–Trinajstić information content (AvgIpc) is 0.808. The van der Waals surface area contributed by atoms with Gasteiger partial charge in [0, 0.05) is 44.6 Å². The number of carbonyl (C=O) groups is 4. The molecule has 0 radical (unpaired) electrons. The topological polar surface area (TPSA) is 352 Å². The van der Waals surface area contributed by atoms with Crippen molar-refractivity contribution in [3.63, 3.8) is 0 Å². The van der Waals surface area contributed by atoms with E-state index in [9.17, 15) is 90.7 Å². The van der Waals surface area contributed by atoms with E-state index < -0.39 is 0 Å². The fourth-order valence-electron chi connectivity index (χ4n) is 11.9. The second kappa shape index (κ2) is 35.1. The summed E-state index contributed by atoms with van der Waals surface area (Å²) < 4.78 is 0. The Kier molecular flexibility index (Phi) is 26.0. The van der Waals surface area contributed by atoms with Crippen LogP contribution < -0.4 is 0 Å². The molecule has 0 bridgehead atoms. The second-order valence-corrected chi connectivity index (χ2v) is 25.1. The van der Waals surface area contributed by atoms with Crippen LogP contribution in [0.4, 0.5) is 0 Å². The molecule has 0 heterocycles. The molecule has 18 nitrogen and oxygen atoms in total. The molecule has 4 fully saturated rings. The maximum atomic E-state index is 12.9. The quantitative estimate of drug-likeness (QED) is 0.0496. The average molecular weight is 1390 g/mol. The molecule has 0 unspecified atom stereocenters. The molecule has 0 atom stereocenters. The Bertz CT molecular complexity index is 4250. The number of phenolic OH excluding ortho intramolecular Hbond substituents is 14. The largest absolute Gasteiger partial charge is 0.508 e. The van der Waals surface area contributed by atoms with Crippen molar-refractivity contribution in [1.29, 1.82) is 0 Å². The molecule has 14 N–H and O–H groups in total. The first-order chi connectivity index (χ1) is 49.2. The van der Waals surface area contributed by atoms with E-state index in [4.69, 9.17) is 0 Å². The lowest BCUT2D eigenvalue weighted by atomic mass is 9.84. The van der Waals surface area contributed by atoms with E-state index in [1.54, 1.807) is 85.0 Å². The molecule has 0 aliphatic heterocycles. The minimum atomic E-state index is -0.229. The van der Waals surface area contributed by atoms with Crippen LogP contribution in [0, 0.1) is 13.8 Å². The molecule has 0 aromatic heterocycles. The SMILES string of the molecule is C/C(=C1/CCC/C(=C\c2ccc(O)c(O)c2)C1=O)c1ccc(O)c(O)c1.CC.Cc1cc(/C=C2\CCC/C(=C\c3ccc(O)c(O)c3)C2=O)ccc1O.Cc1ccc(/C=C2\CCC/C(=C\c3ccc(O)c(O)c3)C2=O)cc1O.O=C1/C(=C/c2ccc(O)c(O)c2)CCC/C1=C\c1ccc(O)c(O)c1. The van der Waals surface area contributed by atoms with Crippen molar-refractivity contribution in [2.45, 2.75) is 112 Å². The predicted molar refractivity (Wildman–Crippen MR) is 400 cm³/mol. The predicted octanol–water partition coefficient (Wildman–Crippen LogP) is 17.5. The fraction of sp³-hybridized carbons (Fsp3) is 0.200. The van der Waals surface area contributed by atoms with Gasteiger partial charge in [0.15, 0.2) is 92.1 Å². The van der Waals surface area contributed by atoms with Gasteiger partial charge in [0.1, 0.15) is 11.5 Å². The van der Waals surface area contributed by atoms with E-state index in [0.29, 0.717) is 117 Å². The molecule has 0 saturated heterocycles. The van der Waals surface area contributed by atoms with Crippen LogP contribution in [0.2, 0.25) is 0 Å². The Morgan fingerprint density at radius 1 is 0.252 bits per heavy atom. The Hall–Kier alpha value is -12.4. The third kappa shape index (κ3) is 20.4. The van der Waals surface area contributed by atoms with Gasteiger partial charge in [-0.3, -0.25) is 19.2 Å². The van der Waals surface area contributed by atoms with Gasteiger partial charge in [-0.05, 0) is 293 Å². The molecule has 8 aromatic rings. The number of Topliss-reactive ketones (excluding diaryl/α,β-unsaturated/α-hetero) is 4. The van der Waals surface area contributed by atoms with E-state index in [2.05, 4.69) is 0 Å². The number of rotatable bonds is 8. The minimum absolute atomic E-state index is 0.00421. The van der Waals surface area contributed by atoms with Gasteiger partial charge >= 0.3 is 0 Å². The van der Waals surface area contributed by atoms with Crippen molar-refractivity contribution in [3.8, 4) is 80.5 Å². The van der Waals surface area contributed by atoms with Crippen LogP contribution in [0.5, 0.6) is 80.5 Å². The summed E-state index contributed by atoms with van der Waals surface area (Å²) in [5, 5.41) is 133. The monoisotopic (exact) mass is 1390 g/mol. The maximum absolute atomic E-state index is 12.9. The highest BCUT2D eigenvalue weighted by Crippen LogP contribution is 2.39. The Morgan fingerprint density at radius 2 is 0.485 bits per heavy atom. The van der Waals surface area contributed by atoms with Crippen molar-refractivity contribution in [2.75, 3.05) is 0 Å². The number of allylic oxidation sites excluding steroid dienone is 9. The van der Waals surface area contributed by atoms with E-state index in [1.165, 1.54) is 72.8 Å². The summed E-state index contributed by atoms with van der Waals surface area (Å²) in [6, 6.07) is 37.4. The zero-order valence-electron chi connectivity index (χ0n) is 57.8. The number of ketones is 4. The first-order valence-electron chi connectivity index (χ1n) is 33.7. The summed E-state index contributed by atoms with van der Waals surface area (Å²) in [5.41, 5.74) is 13.4. The van der Waals surface area contributed by atoms with Crippen molar-refractivity contribution in [2.24, 2.45) is 0 Å². The van der Waals surface area contributed by atoms with Gasteiger partial charge in [0.2, 0.25) is 0 Å². The molecule has 532 valence electrons. The number of benzene rings is 8. The Morgan fingerprint density at radius 3 is 0.757 bits per heavy atom. The molecule has 18 heteroatoms. The first kappa shape index (κ1) is 76.3. The Labute approximate surface area is 597 Å². The standard InChI is InChI=1S/C21H20O5.2C21H20O4.C20H18O5.C2H6/c1-12(14-6-8-18(23)20(25)11-14)16-4-2-3-15(21(16)26)9-13-5-7-17(22)19(24)10-13;1-13-9-14(5-7-18(13)22)10-16-3-2-4-17(21(16)25)11-15-6-8-19(23)20(24)12-15;1-13-5-6-14(11-19(13)23)9-16-3-2-4-17(21(16)25)10-15-7-8-18(22)20(24)12-15;21-16-6-4-12(10-18(16)23)8-14-2-1-3-15(20(14)25)9-13-5-7-17(22)19(24)11-13;1-2/h5-11,22-25H,2-4H2,1H3;2*5-12,22-24H,2-4H2,1H3;4-11,21-24H,1-3H2;1-2H3/b15-9+,16-12+;16-10+,17-11+;16-9+,17-10+;14-8+,15-9+;. The number of hydrogen-bond donors (Lipinski definition) is 14. The van der Waals surface area contributed by atoms with Crippen LogP contribution in [0.1, 0.15) is 153 Å².